The molecule has 1 aliphatic carbocycles. The zero-order valence-electron chi connectivity index (χ0n) is 23.8. The molecule has 4 atom stereocenters. The summed E-state index contributed by atoms with van der Waals surface area (Å²) in [6, 6.07) is 7.26. The van der Waals surface area contributed by atoms with Crippen molar-refractivity contribution in [2.45, 2.75) is 72.2 Å². The van der Waals surface area contributed by atoms with Gasteiger partial charge in [-0.05, 0) is 96.8 Å². The number of carbonyl (C=O) groups is 2. The summed E-state index contributed by atoms with van der Waals surface area (Å²) in [6.45, 7) is 9.68. The van der Waals surface area contributed by atoms with Gasteiger partial charge in [-0.3, -0.25) is 9.59 Å². The first-order valence-electron chi connectivity index (χ1n) is 13.8. The zero-order valence-corrected chi connectivity index (χ0v) is 25.4. The molecular weight excluding hydrogens is 584 g/mol. The van der Waals surface area contributed by atoms with Gasteiger partial charge in [0.15, 0.2) is 0 Å². The van der Waals surface area contributed by atoms with Crippen LogP contribution in [-0.2, 0) is 16.1 Å². The fourth-order valence-corrected chi connectivity index (χ4v) is 6.58. The molecule has 9 nitrogen and oxygen atoms in total. The second kappa shape index (κ2) is 10.0. The molecule has 1 aromatic carbocycles. The maximum Gasteiger partial charge on any atom is 0.248 e. The number of amides is 2. The number of rotatable bonds is 6. The maximum atomic E-state index is 14.0. The largest absolute Gasteiger partial charge is 0.389 e. The summed E-state index contributed by atoms with van der Waals surface area (Å²) in [5.74, 6) is 0.860. The summed E-state index contributed by atoms with van der Waals surface area (Å²) < 4.78 is 2.55. The van der Waals surface area contributed by atoms with Crippen LogP contribution >= 0.6 is 15.9 Å². The van der Waals surface area contributed by atoms with E-state index < -0.39 is 12.1 Å². The van der Waals surface area contributed by atoms with Gasteiger partial charge in [-0.15, -0.1) is 0 Å². The number of aryl methyl sites for hydroxylation is 3. The van der Waals surface area contributed by atoms with E-state index in [9.17, 15) is 14.7 Å². The average molecular weight is 618 g/mol. The Morgan fingerprint density at radius 3 is 2.56 bits per heavy atom. The van der Waals surface area contributed by atoms with Gasteiger partial charge in [-0.25, -0.2) is 15.0 Å². The van der Waals surface area contributed by atoms with Gasteiger partial charge in [0.1, 0.15) is 28.8 Å². The molecule has 1 saturated carbocycles. The molecule has 4 aromatic rings. The summed E-state index contributed by atoms with van der Waals surface area (Å²) in [4.78, 5) is 42.3. The van der Waals surface area contributed by atoms with Crippen molar-refractivity contribution < 1.29 is 14.7 Å². The number of halogens is 1. The maximum absolute atomic E-state index is 14.0. The highest BCUT2D eigenvalue weighted by Crippen LogP contribution is 2.59. The number of aliphatic hydroxyl groups is 1. The predicted molar refractivity (Wildman–Crippen MR) is 160 cm³/mol. The molecule has 0 bridgehead atoms. The lowest BCUT2D eigenvalue weighted by atomic mass is 10.00. The summed E-state index contributed by atoms with van der Waals surface area (Å²) in [6.07, 6.45) is 6.24. The Hall–Kier alpha value is -3.63. The first-order valence-corrected chi connectivity index (χ1v) is 14.6. The minimum atomic E-state index is -0.726. The number of nitrogens with one attached hydrogen (secondary N) is 1. The normalized spacial score (nSPS) is 22.1. The molecule has 212 valence electrons. The standard InChI is InChI=1S/C31H33BrN6O3/c1-16-6-7-26(32)35-29(16)36-30(41)24-10-31(5)11-25(31)38(24)27(40)15-37-14-23(18(3)39)22-9-20(8-17(2)28(22)37)21-12-33-19(4)34-13-21/h6-9,12-14,18,24-25,39H,10-11,15H2,1-5H3,(H,35,36,41). The van der Waals surface area contributed by atoms with Crippen molar-refractivity contribution in [2.24, 2.45) is 5.41 Å². The van der Waals surface area contributed by atoms with Gasteiger partial charge in [0.05, 0.1) is 11.6 Å². The number of carbonyl (C=O) groups excluding carboxylic acids is 2. The van der Waals surface area contributed by atoms with Crippen LogP contribution in [0.1, 0.15) is 55.3 Å². The lowest BCUT2D eigenvalue weighted by Crippen LogP contribution is -2.46. The van der Waals surface area contributed by atoms with Crippen LogP contribution in [0.4, 0.5) is 5.82 Å². The smallest absolute Gasteiger partial charge is 0.248 e. The van der Waals surface area contributed by atoms with Crippen LogP contribution in [0.15, 0.2) is 47.5 Å². The van der Waals surface area contributed by atoms with E-state index >= 15 is 0 Å². The Kier molecular flexibility index (Phi) is 6.73. The minimum absolute atomic E-state index is 0.0367. The molecule has 4 unspecified atom stereocenters. The van der Waals surface area contributed by atoms with Crippen LogP contribution in [-0.4, -0.2) is 53.4 Å². The molecule has 10 heteroatoms. The number of likely N-dealkylation sites (tertiary alicyclic amines) is 1. The first kappa shape index (κ1) is 27.5. The molecule has 0 radical (unpaired) electrons. The number of pyridine rings is 1. The highest BCUT2D eigenvalue weighted by Gasteiger charge is 2.64. The predicted octanol–water partition coefficient (Wildman–Crippen LogP) is 5.25. The topological polar surface area (TPSA) is 113 Å². The number of anilines is 1. The highest BCUT2D eigenvalue weighted by atomic mass is 79.9. The van der Waals surface area contributed by atoms with Gasteiger partial charge in [0.2, 0.25) is 11.8 Å². The van der Waals surface area contributed by atoms with Crippen molar-refractivity contribution in [3.8, 4) is 11.1 Å². The van der Waals surface area contributed by atoms with E-state index in [0.717, 1.165) is 45.1 Å². The van der Waals surface area contributed by atoms with E-state index in [4.69, 9.17) is 0 Å². The second-order valence-corrected chi connectivity index (χ2v) is 12.6. The molecule has 2 aliphatic rings. The van der Waals surface area contributed by atoms with E-state index in [0.29, 0.717) is 22.7 Å². The lowest BCUT2D eigenvalue weighted by molar-refractivity contribution is -0.138. The number of aliphatic hydroxyl groups excluding tert-OH is 1. The van der Waals surface area contributed by atoms with Crippen molar-refractivity contribution in [1.82, 2.24) is 24.4 Å². The van der Waals surface area contributed by atoms with Crippen LogP contribution in [0.25, 0.3) is 22.0 Å². The molecular formula is C31H33BrN6O3. The van der Waals surface area contributed by atoms with Crippen molar-refractivity contribution in [3.05, 3.63) is 70.0 Å². The number of hydrogen-bond donors (Lipinski definition) is 2. The Morgan fingerprint density at radius 1 is 1.12 bits per heavy atom. The quantitative estimate of drug-likeness (QED) is 0.286. The summed E-state index contributed by atoms with van der Waals surface area (Å²) in [5, 5.41) is 14.5. The van der Waals surface area contributed by atoms with Crippen LogP contribution in [0.3, 0.4) is 0 Å². The third kappa shape index (κ3) is 4.93. The van der Waals surface area contributed by atoms with Crippen molar-refractivity contribution in [3.63, 3.8) is 0 Å². The number of benzene rings is 1. The first-order chi connectivity index (χ1) is 19.4. The monoisotopic (exact) mass is 616 g/mol. The van der Waals surface area contributed by atoms with Gasteiger partial charge >= 0.3 is 0 Å². The third-order valence-corrected chi connectivity index (χ3v) is 9.04. The van der Waals surface area contributed by atoms with Crippen molar-refractivity contribution >= 4 is 44.5 Å². The second-order valence-electron chi connectivity index (χ2n) is 11.8. The van der Waals surface area contributed by atoms with E-state index in [1.807, 2.05) is 49.7 Å². The molecule has 2 amide bonds. The van der Waals surface area contributed by atoms with E-state index in [-0.39, 0.29) is 29.8 Å². The van der Waals surface area contributed by atoms with Gasteiger partial charge in [-0.2, -0.15) is 0 Å². The molecule has 4 heterocycles. The number of piperidine rings is 1. The number of fused-ring (bicyclic) bond motifs is 2. The Balaban J connectivity index is 1.31. The Labute approximate surface area is 247 Å². The van der Waals surface area contributed by atoms with Gasteiger partial charge in [0.25, 0.3) is 0 Å². The molecule has 3 aromatic heterocycles. The molecule has 2 N–H and O–H groups in total. The minimum Gasteiger partial charge on any atom is -0.389 e. The van der Waals surface area contributed by atoms with Crippen molar-refractivity contribution in [1.29, 1.82) is 0 Å². The van der Waals surface area contributed by atoms with Crippen LogP contribution in [0.5, 0.6) is 0 Å². The number of aromatic nitrogens is 4. The molecule has 1 saturated heterocycles. The SMILES string of the molecule is Cc1ncc(-c2cc(C)c3c(c2)c(C(C)O)cn3CC(=O)N2C(C(=O)Nc3nc(Br)ccc3C)CC3(C)CC23)cn1. The molecule has 6 rings (SSSR count). The average Bonchev–Trinajstić information content (AvgIpc) is 3.27. The summed E-state index contributed by atoms with van der Waals surface area (Å²) in [5.41, 5.74) is 5.23. The van der Waals surface area contributed by atoms with Crippen LogP contribution < -0.4 is 5.32 Å². The van der Waals surface area contributed by atoms with Crippen molar-refractivity contribution in [2.75, 3.05) is 5.32 Å². The third-order valence-electron chi connectivity index (χ3n) is 8.59. The molecule has 0 spiro atoms. The van der Waals surface area contributed by atoms with Crippen LogP contribution in [0.2, 0.25) is 0 Å². The fourth-order valence-electron chi connectivity index (χ4n) is 6.27. The van der Waals surface area contributed by atoms with Gasteiger partial charge in [0, 0.05) is 41.1 Å². The zero-order chi connectivity index (χ0) is 29.2. The van der Waals surface area contributed by atoms with E-state index in [1.165, 1.54) is 0 Å². The summed E-state index contributed by atoms with van der Waals surface area (Å²) in [7, 11) is 0. The number of nitrogens with zero attached hydrogens (tertiary/aromatic N) is 5. The summed E-state index contributed by atoms with van der Waals surface area (Å²) >= 11 is 3.37. The molecule has 41 heavy (non-hydrogen) atoms. The lowest BCUT2D eigenvalue weighted by Gasteiger charge is -2.27. The van der Waals surface area contributed by atoms with Gasteiger partial charge in [-0.1, -0.05) is 13.0 Å². The molecule has 1 aliphatic heterocycles. The molecule has 2 fully saturated rings. The number of hydrogen-bond acceptors (Lipinski definition) is 6. The van der Waals surface area contributed by atoms with Crippen LogP contribution in [0, 0.1) is 26.2 Å². The van der Waals surface area contributed by atoms with E-state index in [2.05, 4.69) is 49.2 Å². The van der Waals surface area contributed by atoms with E-state index in [1.54, 1.807) is 24.2 Å². The Bertz CT molecular complexity index is 1700. The van der Waals surface area contributed by atoms with Gasteiger partial charge < -0.3 is 19.9 Å². The Morgan fingerprint density at radius 2 is 1.85 bits per heavy atom. The fraction of sp³-hybridized carbons (Fsp3) is 0.387. The highest BCUT2D eigenvalue weighted by molar-refractivity contribution is 9.10.